The number of carbonyl (C=O) groups excluding carboxylic acids is 1. The second-order valence-electron chi connectivity index (χ2n) is 5.58. The highest BCUT2D eigenvalue weighted by Crippen LogP contribution is 2.36. The van der Waals surface area contributed by atoms with Gasteiger partial charge in [-0.1, -0.05) is 11.6 Å². The summed E-state index contributed by atoms with van der Waals surface area (Å²) in [4.78, 5) is 23.1. The van der Waals surface area contributed by atoms with Crippen LogP contribution >= 0.6 is 11.6 Å². The number of carboxylic acid groups (broad SMARTS) is 1. The first-order valence-corrected chi connectivity index (χ1v) is 7.75. The molecule has 7 heteroatoms. The van der Waals surface area contributed by atoms with Gasteiger partial charge in [-0.25, -0.2) is 0 Å². The molecule has 0 radical (unpaired) electrons. The molecule has 126 valence electrons. The summed E-state index contributed by atoms with van der Waals surface area (Å²) in [5, 5.41) is 12.2. The molecule has 2 rings (SSSR count). The van der Waals surface area contributed by atoms with Crippen LogP contribution in [0, 0.1) is 11.8 Å². The lowest BCUT2D eigenvalue weighted by Gasteiger charge is -2.14. The summed E-state index contributed by atoms with van der Waals surface area (Å²) in [5.74, 6) is -0.667. The molecule has 0 heterocycles. The predicted octanol–water partition coefficient (Wildman–Crippen LogP) is 2.47. The van der Waals surface area contributed by atoms with Gasteiger partial charge in [-0.15, -0.1) is 0 Å². The molecule has 1 fully saturated rings. The lowest BCUT2D eigenvalue weighted by Crippen LogP contribution is -2.29. The minimum absolute atomic E-state index is 0.125. The first-order valence-electron chi connectivity index (χ1n) is 7.37. The Kier molecular flexibility index (Phi) is 5.71. The van der Waals surface area contributed by atoms with Crippen molar-refractivity contribution < 1.29 is 24.2 Å². The average Bonchev–Trinajstić information content (AvgIpc) is 3.02. The van der Waals surface area contributed by atoms with Crippen LogP contribution in [-0.2, 0) is 16.1 Å². The van der Waals surface area contributed by atoms with E-state index >= 15 is 0 Å². The number of rotatable bonds is 6. The summed E-state index contributed by atoms with van der Waals surface area (Å²) < 4.78 is 10.4. The number of halogens is 1. The maximum Gasteiger partial charge on any atom is 0.306 e. The largest absolute Gasteiger partial charge is 0.493 e. The smallest absolute Gasteiger partial charge is 0.306 e. The van der Waals surface area contributed by atoms with Crippen LogP contribution < -0.4 is 14.8 Å². The maximum absolute atomic E-state index is 12.2. The van der Waals surface area contributed by atoms with Gasteiger partial charge in [0.2, 0.25) is 5.91 Å². The quantitative estimate of drug-likeness (QED) is 0.830. The molecule has 2 atom stereocenters. The van der Waals surface area contributed by atoms with E-state index in [2.05, 4.69) is 5.32 Å². The molecular weight excluding hydrogens is 322 g/mol. The number of hydrogen-bond acceptors (Lipinski definition) is 4. The van der Waals surface area contributed by atoms with E-state index in [1.807, 2.05) is 0 Å². The van der Waals surface area contributed by atoms with Crippen LogP contribution in [0.3, 0.4) is 0 Å². The molecule has 23 heavy (non-hydrogen) atoms. The van der Waals surface area contributed by atoms with E-state index in [1.165, 1.54) is 14.2 Å². The van der Waals surface area contributed by atoms with Crippen molar-refractivity contribution in [2.45, 2.75) is 25.8 Å². The molecule has 1 aromatic carbocycles. The second-order valence-corrected chi connectivity index (χ2v) is 5.98. The monoisotopic (exact) mass is 341 g/mol. The molecule has 0 aliphatic heterocycles. The number of ether oxygens (including phenoxy) is 2. The Bertz CT molecular complexity index is 604. The van der Waals surface area contributed by atoms with Gasteiger partial charge in [0.1, 0.15) is 0 Å². The van der Waals surface area contributed by atoms with Gasteiger partial charge in [-0.3, -0.25) is 9.59 Å². The Morgan fingerprint density at radius 1 is 1.26 bits per heavy atom. The van der Waals surface area contributed by atoms with Crippen molar-refractivity contribution in [3.05, 3.63) is 22.7 Å². The summed E-state index contributed by atoms with van der Waals surface area (Å²) >= 11 is 6.13. The summed E-state index contributed by atoms with van der Waals surface area (Å²) in [5.41, 5.74) is 0.786. The van der Waals surface area contributed by atoms with Crippen molar-refractivity contribution in [3.63, 3.8) is 0 Å². The number of amides is 1. The van der Waals surface area contributed by atoms with Gasteiger partial charge in [0.05, 0.1) is 25.2 Å². The minimum Gasteiger partial charge on any atom is -0.493 e. The van der Waals surface area contributed by atoms with Crippen molar-refractivity contribution in [3.8, 4) is 11.5 Å². The van der Waals surface area contributed by atoms with E-state index in [0.717, 1.165) is 5.56 Å². The molecule has 0 unspecified atom stereocenters. The number of nitrogens with one attached hydrogen (secondary N) is 1. The Labute approximate surface area is 139 Å². The Morgan fingerprint density at radius 2 is 1.96 bits per heavy atom. The molecule has 0 aromatic heterocycles. The minimum atomic E-state index is -0.827. The highest BCUT2D eigenvalue weighted by atomic mass is 35.5. The van der Waals surface area contributed by atoms with Gasteiger partial charge in [-0.2, -0.15) is 0 Å². The third kappa shape index (κ3) is 4.07. The SMILES string of the molecule is COc1cc(CNC(=O)[C@@H]2CC[C@H](C(=O)O)C2)cc(Cl)c1OC. The topological polar surface area (TPSA) is 84.9 Å². The van der Waals surface area contributed by atoms with Crippen LogP contribution in [0.5, 0.6) is 11.5 Å². The van der Waals surface area contributed by atoms with Gasteiger partial charge in [0.15, 0.2) is 11.5 Å². The Morgan fingerprint density at radius 3 is 2.52 bits per heavy atom. The molecule has 0 spiro atoms. The van der Waals surface area contributed by atoms with E-state index in [4.69, 9.17) is 26.2 Å². The Balaban J connectivity index is 1.97. The molecule has 1 aliphatic rings. The zero-order chi connectivity index (χ0) is 17.0. The molecule has 2 N–H and O–H groups in total. The number of hydrogen-bond donors (Lipinski definition) is 2. The van der Waals surface area contributed by atoms with Crippen LogP contribution in [0.25, 0.3) is 0 Å². The normalized spacial score (nSPS) is 20.1. The third-order valence-electron chi connectivity index (χ3n) is 4.11. The summed E-state index contributed by atoms with van der Waals surface area (Å²) in [7, 11) is 3.02. The number of benzene rings is 1. The van der Waals surface area contributed by atoms with Crippen LogP contribution in [0.1, 0.15) is 24.8 Å². The summed E-state index contributed by atoms with van der Waals surface area (Å²) in [6, 6.07) is 3.46. The molecule has 0 saturated heterocycles. The number of carboxylic acids is 1. The zero-order valence-electron chi connectivity index (χ0n) is 13.1. The molecular formula is C16H20ClNO5. The fourth-order valence-corrected chi connectivity index (χ4v) is 3.16. The summed E-state index contributed by atoms with van der Waals surface area (Å²) in [6.45, 7) is 0.299. The van der Waals surface area contributed by atoms with Crippen molar-refractivity contribution in [2.24, 2.45) is 11.8 Å². The lowest BCUT2D eigenvalue weighted by molar-refractivity contribution is -0.141. The molecule has 1 saturated carbocycles. The van der Waals surface area contributed by atoms with E-state index in [1.54, 1.807) is 12.1 Å². The summed E-state index contributed by atoms with van der Waals surface area (Å²) in [6.07, 6.45) is 1.55. The maximum atomic E-state index is 12.2. The zero-order valence-corrected chi connectivity index (χ0v) is 13.9. The highest BCUT2D eigenvalue weighted by molar-refractivity contribution is 6.32. The molecule has 6 nitrogen and oxygen atoms in total. The Hall–Kier alpha value is -1.95. The van der Waals surface area contributed by atoms with Crippen molar-refractivity contribution >= 4 is 23.5 Å². The van der Waals surface area contributed by atoms with Crippen LogP contribution in [-0.4, -0.2) is 31.2 Å². The molecule has 0 bridgehead atoms. The van der Waals surface area contributed by atoms with E-state index in [-0.39, 0.29) is 11.8 Å². The van der Waals surface area contributed by atoms with E-state index in [9.17, 15) is 9.59 Å². The number of carbonyl (C=O) groups is 2. The molecule has 1 amide bonds. The van der Waals surface area contributed by atoms with Crippen LogP contribution in [0.4, 0.5) is 0 Å². The van der Waals surface area contributed by atoms with Gasteiger partial charge < -0.3 is 19.9 Å². The highest BCUT2D eigenvalue weighted by Gasteiger charge is 2.33. The van der Waals surface area contributed by atoms with Gasteiger partial charge in [0.25, 0.3) is 0 Å². The fraction of sp³-hybridized carbons (Fsp3) is 0.500. The standard InChI is InChI=1S/C16H20ClNO5/c1-22-13-6-9(5-12(17)14(13)23-2)8-18-15(19)10-3-4-11(7-10)16(20)21/h5-6,10-11H,3-4,7-8H2,1-2H3,(H,18,19)(H,20,21)/t10-,11+/m1/s1. The van der Waals surface area contributed by atoms with Crippen LogP contribution in [0.15, 0.2) is 12.1 Å². The van der Waals surface area contributed by atoms with Crippen molar-refractivity contribution in [1.29, 1.82) is 0 Å². The number of aliphatic carboxylic acids is 1. The van der Waals surface area contributed by atoms with Gasteiger partial charge in [-0.05, 0) is 37.0 Å². The fourth-order valence-electron chi connectivity index (χ4n) is 2.85. The second kappa shape index (κ2) is 7.55. The van der Waals surface area contributed by atoms with Gasteiger partial charge >= 0.3 is 5.97 Å². The third-order valence-corrected chi connectivity index (χ3v) is 4.39. The number of methoxy groups -OCH3 is 2. The first kappa shape index (κ1) is 17.4. The first-order chi connectivity index (χ1) is 11.0. The molecule has 1 aromatic rings. The lowest BCUT2D eigenvalue weighted by atomic mass is 10.0. The van der Waals surface area contributed by atoms with E-state index in [0.29, 0.717) is 42.3 Å². The molecule has 1 aliphatic carbocycles. The van der Waals surface area contributed by atoms with Gasteiger partial charge in [0, 0.05) is 12.5 Å². The average molecular weight is 342 g/mol. The van der Waals surface area contributed by atoms with Crippen LogP contribution in [0.2, 0.25) is 5.02 Å². The van der Waals surface area contributed by atoms with Crippen molar-refractivity contribution in [2.75, 3.05) is 14.2 Å². The van der Waals surface area contributed by atoms with Crippen molar-refractivity contribution in [1.82, 2.24) is 5.32 Å². The van der Waals surface area contributed by atoms with E-state index < -0.39 is 11.9 Å². The predicted molar refractivity (Wildman–Crippen MR) is 84.9 cm³/mol.